The van der Waals surface area contributed by atoms with Crippen LogP contribution >= 0.6 is 0 Å². The van der Waals surface area contributed by atoms with Crippen molar-refractivity contribution in [3.05, 3.63) is 28.2 Å². The molecule has 0 saturated carbocycles. The summed E-state index contributed by atoms with van der Waals surface area (Å²) in [4.78, 5) is 18.1. The molecule has 26 heavy (non-hydrogen) atoms. The molecule has 138 valence electrons. The molecule has 0 bridgehead atoms. The van der Waals surface area contributed by atoms with Crippen molar-refractivity contribution in [2.45, 2.75) is 38.5 Å². The summed E-state index contributed by atoms with van der Waals surface area (Å²) in [6.45, 7) is 4.12. The molecule has 1 aliphatic carbocycles. The molecule has 4 rings (SSSR count). The van der Waals surface area contributed by atoms with E-state index in [2.05, 4.69) is 15.1 Å². The number of benzene rings is 1. The fourth-order valence-corrected chi connectivity index (χ4v) is 4.18. The number of pyridine rings is 1. The first-order valence-corrected chi connectivity index (χ1v) is 9.52. The second-order valence-corrected chi connectivity index (χ2v) is 7.11. The molecule has 0 unspecified atom stereocenters. The van der Waals surface area contributed by atoms with Crippen molar-refractivity contribution < 1.29 is 9.47 Å². The predicted octanol–water partition coefficient (Wildman–Crippen LogP) is 3.99. The van der Waals surface area contributed by atoms with E-state index < -0.39 is 0 Å². The average molecular weight is 355 g/mol. The van der Waals surface area contributed by atoms with Crippen LogP contribution in [0.2, 0.25) is 0 Å². The van der Waals surface area contributed by atoms with E-state index in [-0.39, 0.29) is 0 Å². The lowest BCUT2D eigenvalue weighted by molar-refractivity contribution is 0.254. The first-order chi connectivity index (χ1) is 12.8. The molecule has 1 aromatic heterocycles. The number of nitrogens with zero attached hydrogens (tertiary/aromatic N) is 3. The Morgan fingerprint density at radius 1 is 1.12 bits per heavy atom. The molecule has 2 aromatic rings. The molecule has 0 N–H and O–H groups in total. The van der Waals surface area contributed by atoms with Gasteiger partial charge in [-0.25, -0.2) is 4.98 Å². The predicted molar refractivity (Wildman–Crippen MR) is 102 cm³/mol. The second kappa shape index (κ2) is 7.58. The van der Waals surface area contributed by atoms with Crippen molar-refractivity contribution in [3.63, 3.8) is 0 Å². The Hall–Kier alpha value is -2.21. The van der Waals surface area contributed by atoms with E-state index >= 15 is 0 Å². The maximum atomic E-state index is 11.2. The van der Waals surface area contributed by atoms with Gasteiger partial charge in [-0.3, -0.25) is 0 Å². The molecule has 0 atom stereocenters. The maximum Gasteiger partial charge on any atom is 0.200 e. The monoisotopic (exact) mass is 355 g/mol. The van der Waals surface area contributed by atoms with Crippen LogP contribution in [0.4, 0.5) is 5.82 Å². The highest BCUT2D eigenvalue weighted by Crippen LogP contribution is 2.39. The largest absolute Gasteiger partial charge is 0.493 e. The van der Waals surface area contributed by atoms with Gasteiger partial charge in [0.05, 0.1) is 19.2 Å². The summed E-state index contributed by atoms with van der Waals surface area (Å²) in [5.41, 5.74) is 2.94. The minimum Gasteiger partial charge on any atom is -0.493 e. The Bertz CT molecular complexity index is 816. The Labute approximate surface area is 153 Å². The van der Waals surface area contributed by atoms with Gasteiger partial charge in [-0.05, 0) is 68.4 Å². The topological polar surface area (TPSA) is 64.0 Å². The lowest BCUT2D eigenvalue weighted by atomic mass is 10.0. The Morgan fingerprint density at radius 2 is 1.92 bits per heavy atom. The molecule has 6 heteroatoms. The molecule has 0 spiro atoms. The molecule has 2 aliphatic rings. The van der Waals surface area contributed by atoms with Crippen LogP contribution < -0.4 is 9.47 Å². The number of aryl methyl sites for hydroxylation is 1. The molecule has 1 fully saturated rings. The molecule has 6 nitrogen and oxygen atoms in total. The number of hydrogen-bond donors (Lipinski definition) is 0. The molecule has 1 aliphatic heterocycles. The molecule has 1 saturated heterocycles. The van der Waals surface area contributed by atoms with Crippen LogP contribution in [0, 0.1) is 4.91 Å². The van der Waals surface area contributed by atoms with Crippen molar-refractivity contribution in [2.75, 3.05) is 33.4 Å². The van der Waals surface area contributed by atoms with Crippen LogP contribution in [0.1, 0.15) is 36.8 Å². The number of methoxy groups -OCH3 is 1. The van der Waals surface area contributed by atoms with Gasteiger partial charge in [-0.2, -0.15) is 0 Å². The van der Waals surface area contributed by atoms with Gasteiger partial charge in [0.2, 0.25) is 5.82 Å². The van der Waals surface area contributed by atoms with Crippen LogP contribution in [0.3, 0.4) is 0 Å². The van der Waals surface area contributed by atoms with Crippen LogP contribution in [-0.4, -0.2) is 43.2 Å². The van der Waals surface area contributed by atoms with Gasteiger partial charge in [-0.1, -0.05) is 0 Å². The highest BCUT2D eigenvalue weighted by atomic mass is 16.5. The molecular weight excluding hydrogens is 330 g/mol. The summed E-state index contributed by atoms with van der Waals surface area (Å²) in [7, 11) is 1.66. The van der Waals surface area contributed by atoms with Gasteiger partial charge in [0.15, 0.2) is 11.5 Å². The first-order valence-electron chi connectivity index (χ1n) is 9.52. The van der Waals surface area contributed by atoms with Gasteiger partial charge in [0.25, 0.3) is 0 Å². The van der Waals surface area contributed by atoms with E-state index in [1.54, 1.807) is 7.11 Å². The number of hydrogen-bond acceptors (Lipinski definition) is 6. The quantitative estimate of drug-likeness (QED) is 0.555. The fourth-order valence-electron chi connectivity index (χ4n) is 4.18. The highest BCUT2D eigenvalue weighted by Gasteiger charge is 2.22. The van der Waals surface area contributed by atoms with E-state index in [4.69, 9.17) is 9.47 Å². The smallest absolute Gasteiger partial charge is 0.200 e. The van der Waals surface area contributed by atoms with Gasteiger partial charge in [-0.15, -0.1) is 4.91 Å². The molecule has 2 heterocycles. The zero-order chi connectivity index (χ0) is 17.9. The van der Waals surface area contributed by atoms with Crippen LogP contribution in [-0.2, 0) is 12.8 Å². The van der Waals surface area contributed by atoms with E-state index in [1.165, 1.54) is 31.5 Å². The van der Waals surface area contributed by atoms with Crippen molar-refractivity contribution in [1.29, 1.82) is 0 Å². The number of nitroso groups, excluding NO2 is 1. The van der Waals surface area contributed by atoms with Crippen molar-refractivity contribution in [3.8, 4) is 11.5 Å². The number of aromatic nitrogens is 1. The summed E-state index contributed by atoms with van der Waals surface area (Å²) >= 11 is 0. The van der Waals surface area contributed by atoms with Crippen LogP contribution in [0.15, 0.2) is 17.3 Å². The lowest BCUT2D eigenvalue weighted by Gasteiger charge is -2.16. The number of likely N-dealkylation sites (tertiary alicyclic amines) is 1. The minimum atomic E-state index is 0.329. The normalized spacial score (nSPS) is 16.8. The summed E-state index contributed by atoms with van der Waals surface area (Å²) in [5, 5.41) is 4.19. The zero-order valence-corrected chi connectivity index (χ0v) is 15.3. The minimum absolute atomic E-state index is 0.329. The second-order valence-electron chi connectivity index (χ2n) is 7.11. The Morgan fingerprint density at radius 3 is 2.69 bits per heavy atom. The standard InChI is InChI=1S/C20H25N3O3/c1-25-18-12-16-14-6-4-7-15(14)20(22-24)21-17(16)13-19(18)26-11-5-10-23-8-2-3-9-23/h12-13H,2-11H2,1H3. The van der Waals surface area contributed by atoms with E-state index in [9.17, 15) is 4.91 Å². The van der Waals surface area contributed by atoms with E-state index in [1.807, 2.05) is 12.1 Å². The summed E-state index contributed by atoms with van der Waals surface area (Å²) < 4.78 is 11.5. The highest BCUT2D eigenvalue weighted by molar-refractivity contribution is 5.89. The van der Waals surface area contributed by atoms with Crippen molar-refractivity contribution in [1.82, 2.24) is 9.88 Å². The maximum absolute atomic E-state index is 11.2. The lowest BCUT2D eigenvalue weighted by Crippen LogP contribution is -2.21. The number of ether oxygens (including phenoxy) is 2. The average Bonchev–Trinajstić information content (AvgIpc) is 3.35. The Balaban J connectivity index is 1.56. The van der Waals surface area contributed by atoms with Crippen molar-refractivity contribution >= 4 is 16.7 Å². The number of fused-ring (bicyclic) bond motifs is 3. The van der Waals surface area contributed by atoms with Gasteiger partial charge < -0.3 is 14.4 Å². The third-order valence-electron chi connectivity index (χ3n) is 5.48. The van der Waals surface area contributed by atoms with Crippen LogP contribution in [0.25, 0.3) is 10.9 Å². The van der Waals surface area contributed by atoms with Gasteiger partial charge in [0, 0.05) is 23.6 Å². The zero-order valence-electron chi connectivity index (χ0n) is 15.3. The first kappa shape index (κ1) is 17.2. The number of rotatable bonds is 7. The van der Waals surface area contributed by atoms with Gasteiger partial charge in [0.1, 0.15) is 0 Å². The molecule has 1 aromatic carbocycles. The molecule has 0 radical (unpaired) electrons. The third kappa shape index (κ3) is 3.26. The molecule has 0 amide bonds. The Kier molecular flexibility index (Phi) is 5.02. The summed E-state index contributed by atoms with van der Waals surface area (Å²) in [6, 6.07) is 3.88. The fraction of sp³-hybridized carbons (Fsp3) is 0.550. The molecular formula is C20H25N3O3. The van der Waals surface area contributed by atoms with Crippen LogP contribution in [0.5, 0.6) is 11.5 Å². The SMILES string of the molecule is COc1cc2c3c(c(N=O)nc2cc1OCCCN1CCCC1)CCC3. The van der Waals surface area contributed by atoms with Gasteiger partial charge >= 0.3 is 0 Å². The van der Waals surface area contributed by atoms with E-state index in [0.717, 1.165) is 54.4 Å². The summed E-state index contributed by atoms with van der Waals surface area (Å²) in [6.07, 6.45) is 6.47. The van der Waals surface area contributed by atoms with E-state index in [0.29, 0.717) is 18.2 Å². The summed E-state index contributed by atoms with van der Waals surface area (Å²) in [5.74, 6) is 1.74. The third-order valence-corrected chi connectivity index (χ3v) is 5.48. The van der Waals surface area contributed by atoms with Crippen molar-refractivity contribution in [2.24, 2.45) is 5.18 Å².